The molecule has 1 aromatic carbocycles. The fourth-order valence-electron chi connectivity index (χ4n) is 1.52. The number of carbonyl (C=O) groups excluding carboxylic acids is 1. The van der Waals surface area contributed by atoms with Gasteiger partial charge in [0.05, 0.1) is 12.4 Å². The van der Waals surface area contributed by atoms with Crippen LogP contribution in [0.3, 0.4) is 0 Å². The normalized spacial score (nSPS) is 12.2. The third-order valence-electron chi connectivity index (χ3n) is 2.53. The molecule has 0 saturated carbocycles. The maximum atomic E-state index is 12.3. The maximum absolute atomic E-state index is 12.3. The fraction of sp³-hybridized carbons (Fsp3) is 0.308. The van der Waals surface area contributed by atoms with Crippen LogP contribution < -0.4 is 4.74 Å². The summed E-state index contributed by atoms with van der Waals surface area (Å²) in [6, 6.07) is 7.15. The van der Waals surface area contributed by atoms with Crippen molar-refractivity contribution in [1.82, 2.24) is 10.2 Å². The molecular weight excluding hydrogens is 280 g/mol. The van der Waals surface area contributed by atoms with Crippen molar-refractivity contribution in [3.05, 3.63) is 34.8 Å². The lowest BCUT2D eigenvalue weighted by Gasteiger charge is -2.08. The van der Waals surface area contributed by atoms with Crippen molar-refractivity contribution in [2.45, 2.75) is 23.4 Å². The van der Waals surface area contributed by atoms with Gasteiger partial charge >= 0.3 is 0 Å². The Bertz CT molecular complexity index is 566. The highest BCUT2D eigenvalue weighted by molar-refractivity contribution is 8.02. The van der Waals surface area contributed by atoms with Crippen LogP contribution in [0, 0.1) is 6.92 Å². The summed E-state index contributed by atoms with van der Waals surface area (Å²) in [5.41, 5.74) is 0.682. The third kappa shape index (κ3) is 3.54. The van der Waals surface area contributed by atoms with Crippen LogP contribution in [0.25, 0.3) is 0 Å². The number of methoxy groups -OCH3 is 1. The number of aryl methyl sites for hydroxylation is 1. The van der Waals surface area contributed by atoms with Crippen LogP contribution in [0.2, 0.25) is 0 Å². The Morgan fingerprint density at radius 2 is 2.00 bits per heavy atom. The molecule has 0 aliphatic carbocycles. The highest BCUT2D eigenvalue weighted by Gasteiger charge is 2.18. The lowest BCUT2D eigenvalue weighted by Crippen LogP contribution is -2.13. The van der Waals surface area contributed by atoms with Crippen molar-refractivity contribution >= 4 is 28.9 Å². The summed E-state index contributed by atoms with van der Waals surface area (Å²) in [6.45, 7) is 3.78. The van der Waals surface area contributed by atoms with Crippen LogP contribution in [0.5, 0.6) is 5.75 Å². The molecule has 0 N–H and O–H groups in total. The van der Waals surface area contributed by atoms with E-state index in [0.717, 1.165) is 15.1 Å². The Hall–Kier alpha value is -1.40. The van der Waals surface area contributed by atoms with Crippen molar-refractivity contribution in [3.63, 3.8) is 0 Å². The van der Waals surface area contributed by atoms with Gasteiger partial charge < -0.3 is 4.74 Å². The summed E-state index contributed by atoms with van der Waals surface area (Å²) < 4.78 is 5.90. The van der Waals surface area contributed by atoms with E-state index >= 15 is 0 Å². The third-order valence-corrected chi connectivity index (χ3v) is 4.55. The number of ketones is 1. The van der Waals surface area contributed by atoms with E-state index in [-0.39, 0.29) is 11.0 Å². The second-order valence-electron chi connectivity index (χ2n) is 3.94. The first-order valence-electron chi connectivity index (χ1n) is 5.75. The average molecular weight is 294 g/mol. The van der Waals surface area contributed by atoms with Gasteiger partial charge in [-0.25, -0.2) is 0 Å². The Morgan fingerprint density at radius 1 is 1.32 bits per heavy atom. The van der Waals surface area contributed by atoms with Gasteiger partial charge in [-0.05, 0) is 38.1 Å². The zero-order valence-electron chi connectivity index (χ0n) is 10.9. The van der Waals surface area contributed by atoms with Crippen LogP contribution in [0.4, 0.5) is 0 Å². The summed E-state index contributed by atoms with van der Waals surface area (Å²) in [5, 5.41) is 8.69. The highest BCUT2D eigenvalue weighted by atomic mass is 32.2. The SMILES string of the molecule is COc1ccc(C(=O)C(C)Sc2nnc(C)s2)cc1. The summed E-state index contributed by atoms with van der Waals surface area (Å²) in [4.78, 5) is 12.3. The molecule has 0 amide bonds. The minimum absolute atomic E-state index is 0.0838. The van der Waals surface area contributed by atoms with Gasteiger partial charge in [-0.3, -0.25) is 4.79 Å². The molecule has 1 atom stereocenters. The second kappa shape index (κ2) is 6.16. The summed E-state index contributed by atoms with van der Waals surface area (Å²) >= 11 is 2.94. The molecule has 2 rings (SSSR count). The van der Waals surface area contributed by atoms with Crippen LogP contribution in [-0.4, -0.2) is 28.3 Å². The predicted octanol–water partition coefficient (Wildman–Crippen LogP) is 3.22. The summed E-state index contributed by atoms with van der Waals surface area (Å²) in [5.74, 6) is 0.831. The molecule has 100 valence electrons. The Balaban J connectivity index is 2.05. The van der Waals surface area contributed by atoms with Gasteiger partial charge in [-0.15, -0.1) is 10.2 Å². The molecule has 0 bridgehead atoms. The Kier molecular flexibility index (Phi) is 4.55. The lowest BCUT2D eigenvalue weighted by molar-refractivity contribution is 0.0994. The number of aromatic nitrogens is 2. The van der Waals surface area contributed by atoms with Gasteiger partial charge in [0.25, 0.3) is 0 Å². The molecule has 0 spiro atoms. The van der Waals surface area contributed by atoms with E-state index in [1.165, 1.54) is 23.1 Å². The molecule has 0 aliphatic rings. The molecule has 1 unspecified atom stereocenters. The molecule has 0 aliphatic heterocycles. The van der Waals surface area contributed by atoms with Gasteiger partial charge in [0.1, 0.15) is 10.8 Å². The zero-order chi connectivity index (χ0) is 13.8. The van der Waals surface area contributed by atoms with Crippen LogP contribution in [0.1, 0.15) is 22.3 Å². The van der Waals surface area contributed by atoms with Crippen molar-refractivity contribution in [2.24, 2.45) is 0 Å². The van der Waals surface area contributed by atoms with E-state index in [2.05, 4.69) is 10.2 Å². The Morgan fingerprint density at radius 3 is 2.53 bits per heavy atom. The molecule has 4 nitrogen and oxygen atoms in total. The minimum atomic E-state index is -0.180. The van der Waals surface area contributed by atoms with Crippen molar-refractivity contribution in [3.8, 4) is 5.75 Å². The van der Waals surface area contributed by atoms with E-state index in [4.69, 9.17) is 4.74 Å². The first kappa shape index (κ1) is 14.0. The molecule has 2 aromatic rings. The van der Waals surface area contributed by atoms with Crippen LogP contribution in [0.15, 0.2) is 28.6 Å². The van der Waals surface area contributed by atoms with Crippen LogP contribution in [-0.2, 0) is 0 Å². The number of ether oxygens (including phenoxy) is 1. The number of Topliss-reactive ketones (excluding diaryl/α,β-unsaturated/α-hetero) is 1. The largest absolute Gasteiger partial charge is 0.497 e. The van der Waals surface area contributed by atoms with Gasteiger partial charge in [0.2, 0.25) is 0 Å². The number of carbonyl (C=O) groups is 1. The number of rotatable bonds is 5. The molecule has 19 heavy (non-hydrogen) atoms. The van der Waals surface area contributed by atoms with Gasteiger partial charge in [0.15, 0.2) is 10.1 Å². The van der Waals surface area contributed by atoms with E-state index < -0.39 is 0 Å². The maximum Gasteiger partial charge on any atom is 0.175 e. The number of hydrogen-bond acceptors (Lipinski definition) is 6. The molecule has 0 saturated heterocycles. The van der Waals surface area contributed by atoms with E-state index in [0.29, 0.717) is 5.56 Å². The minimum Gasteiger partial charge on any atom is -0.497 e. The molecule has 1 aromatic heterocycles. The topological polar surface area (TPSA) is 52.1 Å². The van der Waals surface area contributed by atoms with Gasteiger partial charge in [-0.2, -0.15) is 0 Å². The number of thioether (sulfide) groups is 1. The van der Waals surface area contributed by atoms with Gasteiger partial charge in [0, 0.05) is 5.56 Å². The number of hydrogen-bond donors (Lipinski definition) is 0. The van der Waals surface area contributed by atoms with E-state index in [1.54, 1.807) is 31.4 Å². The first-order valence-corrected chi connectivity index (χ1v) is 7.45. The fourth-order valence-corrected chi connectivity index (χ4v) is 3.56. The second-order valence-corrected chi connectivity index (χ2v) is 6.71. The zero-order valence-corrected chi connectivity index (χ0v) is 12.5. The first-order chi connectivity index (χ1) is 9.10. The molecular formula is C13H14N2O2S2. The molecule has 6 heteroatoms. The Labute approximate surface area is 120 Å². The number of benzene rings is 1. The van der Waals surface area contributed by atoms with Crippen molar-refractivity contribution < 1.29 is 9.53 Å². The smallest absolute Gasteiger partial charge is 0.175 e. The predicted molar refractivity (Wildman–Crippen MR) is 77.3 cm³/mol. The summed E-state index contributed by atoms with van der Waals surface area (Å²) in [7, 11) is 1.60. The molecule has 0 radical (unpaired) electrons. The monoisotopic (exact) mass is 294 g/mol. The number of nitrogens with zero attached hydrogens (tertiary/aromatic N) is 2. The lowest BCUT2D eigenvalue weighted by atomic mass is 10.1. The van der Waals surface area contributed by atoms with E-state index in [9.17, 15) is 4.79 Å². The molecule has 1 heterocycles. The average Bonchev–Trinajstić information content (AvgIpc) is 2.83. The summed E-state index contributed by atoms with van der Waals surface area (Å²) in [6.07, 6.45) is 0. The highest BCUT2D eigenvalue weighted by Crippen LogP contribution is 2.28. The van der Waals surface area contributed by atoms with Crippen molar-refractivity contribution in [2.75, 3.05) is 7.11 Å². The van der Waals surface area contributed by atoms with Crippen molar-refractivity contribution in [1.29, 1.82) is 0 Å². The quantitative estimate of drug-likeness (QED) is 0.626. The van der Waals surface area contributed by atoms with E-state index in [1.807, 2.05) is 13.8 Å². The van der Waals surface area contributed by atoms with Gasteiger partial charge in [-0.1, -0.05) is 23.1 Å². The van der Waals surface area contributed by atoms with Crippen LogP contribution >= 0.6 is 23.1 Å². The molecule has 0 fully saturated rings. The standard InChI is InChI=1S/C13H14N2O2S2/c1-8(18-13-15-14-9(2)19-13)12(16)10-4-6-11(17-3)7-5-10/h4-8H,1-3H3.